The molecule has 156 valence electrons. The van der Waals surface area contributed by atoms with Gasteiger partial charge < -0.3 is 4.74 Å². The quantitative estimate of drug-likeness (QED) is 0.507. The monoisotopic (exact) mass is 422 g/mol. The van der Waals surface area contributed by atoms with Crippen molar-refractivity contribution in [3.8, 4) is 0 Å². The molecule has 27 heavy (non-hydrogen) atoms. The zero-order valence-electron chi connectivity index (χ0n) is 16.3. The average molecular weight is 423 g/mol. The number of hydrogen-bond donors (Lipinski definition) is 1. The van der Waals surface area contributed by atoms with Crippen molar-refractivity contribution in [3.63, 3.8) is 0 Å². The van der Waals surface area contributed by atoms with Crippen molar-refractivity contribution in [1.82, 2.24) is 0 Å². The molecular weight excluding hydrogens is 392 g/mol. The third kappa shape index (κ3) is 10.2. The van der Waals surface area contributed by atoms with Crippen molar-refractivity contribution >= 4 is 20.2 Å². The summed E-state index contributed by atoms with van der Waals surface area (Å²) in [4.78, 5) is 0. The van der Waals surface area contributed by atoms with Crippen LogP contribution >= 0.6 is 0 Å². The Bertz CT molecular complexity index is 763. The van der Waals surface area contributed by atoms with Gasteiger partial charge >= 0.3 is 0 Å². The lowest BCUT2D eigenvalue weighted by Gasteiger charge is -2.52. The molecule has 0 bridgehead atoms. The molecule has 1 aromatic carbocycles. The highest BCUT2D eigenvalue weighted by Gasteiger charge is 2.47. The lowest BCUT2D eigenvalue weighted by molar-refractivity contribution is -0.0811. The van der Waals surface area contributed by atoms with Crippen molar-refractivity contribution in [1.29, 1.82) is 0 Å². The van der Waals surface area contributed by atoms with E-state index in [2.05, 4.69) is 26.0 Å². The van der Waals surface area contributed by atoms with Crippen molar-refractivity contribution in [2.45, 2.75) is 33.3 Å². The Morgan fingerprint density at radius 3 is 2.11 bits per heavy atom. The first-order valence-corrected chi connectivity index (χ1v) is 12.3. The van der Waals surface area contributed by atoms with Gasteiger partial charge in [0.15, 0.2) is 0 Å². The lowest BCUT2D eigenvalue weighted by atomic mass is 9.54. The molecule has 0 aromatic heterocycles. The van der Waals surface area contributed by atoms with E-state index in [1.54, 1.807) is 0 Å². The summed E-state index contributed by atoms with van der Waals surface area (Å²) in [6.45, 7) is 6.15. The second-order valence-electron chi connectivity index (χ2n) is 7.50. The predicted octanol–water partition coefficient (Wildman–Crippen LogP) is 2.74. The van der Waals surface area contributed by atoms with Crippen LogP contribution in [0.2, 0.25) is 0 Å². The van der Waals surface area contributed by atoms with Crippen molar-refractivity contribution in [3.05, 3.63) is 35.9 Å². The Hall–Kier alpha value is -1.00. The molecule has 9 heteroatoms. The first kappa shape index (κ1) is 24.0. The molecule has 1 aliphatic carbocycles. The van der Waals surface area contributed by atoms with Crippen LogP contribution in [0, 0.1) is 17.3 Å². The van der Waals surface area contributed by atoms with Gasteiger partial charge in [-0.1, -0.05) is 44.2 Å². The van der Waals surface area contributed by atoms with Crippen LogP contribution in [-0.4, -0.2) is 47.1 Å². The molecule has 0 aliphatic heterocycles. The molecule has 0 unspecified atom stereocenters. The molecule has 1 aromatic rings. The zero-order chi connectivity index (χ0) is 20.7. The van der Waals surface area contributed by atoms with E-state index in [0.717, 1.165) is 25.7 Å². The van der Waals surface area contributed by atoms with Crippen LogP contribution in [0.1, 0.15) is 32.3 Å². The molecule has 1 aliphatic rings. The fraction of sp³-hybridized carbons (Fsp3) is 0.667. The molecular formula is C18H30O7S2. The third-order valence-corrected chi connectivity index (χ3v) is 5.46. The molecule has 0 spiro atoms. The fourth-order valence-corrected chi connectivity index (χ4v) is 3.53. The Morgan fingerprint density at radius 1 is 1.07 bits per heavy atom. The molecule has 7 nitrogen and oxygen atoms in total. The average Bonchev–Trinajstić information content (AvgIpc) is 2.51. The molecule has 0 radical (unpaired) electrons. The largest absolute Gasteiger partial charge is 0.376 e. The summed E-state index contributed by atoms with van der Waals surface area (Å²) in [6, 6.07) is 10.2. The summed E-state index contributed by atoms with van der Waals surface area (Å²) >= 11 is 0. The van der Waals surface area contributed by atoms with Gasteiger partial charge in [0.1, 0.15) is 0 Å². The van der Waals surface area contributed by atoms with Gasteiger partial charge in [0.05, 0.1) is 32.3 Å². The summed E-state index contributed by atoms with van der Waals surface area (Å²) in [6.07, 6.45) is 3.68. The van der Waals surface area contributed by atoms with Crippen LogP contribution in [0.3, 0.4) is 0 Å². The van der Waals surface area contributed by atoms with Crippen molar-refractivity contribution in [2.24, 2.45) is 17.3 Å². The van der Waals surface area contributed by atoms with Gasteiger partial charge in [-0.15, -0.1) is 0 Å². The van der Waals surface area contributed by atoms with Gasteiger partial charge in [-0.25, -0.2) is 0 Å². The SMILES string of the molecule is CC1(C)[C@H](COCc2ccccc2)C[C@@H]1CCOS(C)(=O)=O.CS(=O)(=O)O. The van der Waals surface area contributed by atoms with E-state index >= 15 is 0 Å². The van der Waals surface area contributed by atoms with E-state index in [9.17, 15) is 16.8 Å². The summed E-state index contributed by atoms with van der Waals surface area (Å²) in [7, 11) is -6.99. The van der Waals surface area contributed by atoms with Crippen LogP contribution in [0.25, 0.3) is 0 Å². The van der Waals surface area contributed by atoms with E-state index in [1.807, 2.05) is 18.2 Å². The maximum Gasteiger partial charge on any atom is 0.264 e. The predicted molar refractivity (Wildman–Crippen MR) is 104 cm³/mol. The van der Waals surface area contributed by atoms with E-state index in [1.165, 1.54) is 5.56 Å². The topological polar surface area (TPSA) is 107 Å². The summed E-state index contributed by atoms with van der Waals surface area (Å²) in [5.74, 6) is 1.03. The normalized spacial score (nSPS) is 21.7. The second-order valence-corrected chi connectivity index (χ2v) is 10.6. The van der Waals surface area contributed by atoms with Crippen LogP contribution in [0.4, 0.5) is 0 Å². The second kappa shape index (κ2) is 9.97. The van der Waals surface area contributed by atoms with Crippen LogP contribution in [0.5, 0.6) is 0 Å². The van der Waals surface area contributed by atoms with Gasteiger partial charge in [-0.2, -0.15) is 16.8 Å². The van der Waals surface area contributed by atoms with Gasteiger partial charge in [-0.3, -0.25) is 8.74 Å². The zero-order valence-corrected chi connectivity index (χ0v) is 17.9. The number of rotatable bonds is 8. The van der Waals surface area contributed by atoms with Gasteiger partial charge in [-0.05, 0) is 35.7 Å². The molecule has 0 saturated heterocycles. The molecule has 1 fully saturated rings. The Labute approximate surface area is 163 Å². The maximum absolute atomic E-state index is 11.0. The van der Waals surface area contributed by atoms with Gasteiger partial charge in [0.2, 0.25) is 0 Å². The maximum atomic E-state index is 11.0. The summed E-state index contributed by atoms with van der Waals surface area (Å²) in [5, 5.41) is 0. The minimum atomic E-state index is -3.67. The van der Waals surface area contributed by atoms with Crippen LogP contribution < -0.4 is 0 Å². The molecule has 1 N–H and O–H groups in total. The highest BCUT2D eigenvalue weighted by molar-refractivity contribution is 7.86. The third-order valence-electron chi connectivity index (χ3n) is 4.87. The molecule has 2 atom stereocenters. The highest BCUT2D eigenvalue weighted by atomic mass is 32.2. The van der Waals surface area contributed by atoms with Crippen LogP contribution in [-0.2, 0) is 35.8 Å². The minimum absolute atomic E-state index is 0.178. The van der Waals surface area contributed by atoms with Crippen molar-refractivity contribution < 1.29 is 30.3 Å². The fourth-order valence-electron chi connectivity index (χ4n) is 3.13. The molecule has 2 rings (SSSR count). The molecule has 0 heterocycles. The van der Waals surface area contributed by atoms with Gasteiger partial charge in [0.25, 0.3) is 20.2 Å². The van der Waals surface area contributed by atoms with E-state index < -0.39 is 20.2 Å². The summed E-state index contributed by atoms with van der Waals surface area (Å²) < 4.78 is 58.5. The highest BCUT2D eigenvalue weighted by Crippen LogP contribution is 2.52. The first-order chi connectivity index (χ1) is 12.3. The van der Waals surface area contributed by atoms with Gasteiger partial charge in [0, 0.05) is 0 Å². The first-order valence-electron chi connectivity index (χ1n) is 8.67. The van der Waals surface area contributed by atoms with E-state index in [4.69, 9.17) is 13.5 Å². The van der Waals surface area contributed by atoms with E-state index in [-0.39, 0.29) is 12.0 Å². The molecule has 0 amide bonds. The lowest BCUT2D eigenvalue weighted by Crippen LogP contribution is -2.47. The smallest absolute Gasteiger partial charge is 0.264 e. The Kier molecular flexibility index (Phi) is 8.88. The van der Waals surface area contributed by atoms with Crippen molar-refractivity contribution in [2.75, 3.05) is 25.7 Å². The minimum Gasteiger partial charge on any atom is -0.376 e. The van der Waals surface area contributed by atoms with Crippen LogP contribution in [0.15, 0.2) is 30.3 Å². The number of hydrogen-bond acceptors (Lipinski definition) is 6. The Morgan fingerprint density at radius 2 is 1.63 bits per heavy atom. The number of benzene rings is 1. The van der Waals surface area contributed by atoms with E-state index in [0.29, 0.717) is 24.7 Å². The Balaban J connectivity index is 0.000000646. The molecule has 1 saturated carbocycles. The summed E-state index contributed by atoms with van der Waals surface area (Å²) in [5.41, 5.74) is 1.37. The standard InChI is InChI=1S/C17H26O4S.CH4O3S/c1-17(2)15(9-10-21-22(3,18)19)11-16(17)13-20-12-14-7-5-4-6-8-14;1-5(2,3)4/h4-8,15-16H,9-13H2,1-3H3;1H3,(H,2,3,4)/t15-,16-;/m0./s1. The number of ether oxygens (including phenoxy) is 1.